The minimum Gasteiger partial charge on any atom is -0.377 e. The third kappa shape index (κ3) is 8.76. The highest BCUT2D eigenvalue weighted by Gasteiger charge is 2.07. The molecule has 0 aromatic rings. The Kier molecular flexibility index (Phi) is 9.15. The first-order chi connectivity index (χ1) is 10.1. The Morgan fingerprint density at radius 2 is 2.14 bits per heavy atom. The van der Waals surface area contributed by atoms with E-state index >= 15 is 0 Å². The summed E-state index contributed by atoms with van der Waals surface area (Å²) in [6.07, 6.45) is 8.12. The van der Waals surface area contributed by atoms with E-state index in [4.69, 9.17) is 4.74 Å². The average molecular weight is 295 g/mol. The van der Waals surface area contributed by atoms with Crippen LogP contribution in [0.3, 0.4) is 0 Å². The van der Waals surface area contributed by atoms with E-state index in [0.717, 1.165) is 44.5 Å². The van der Waals surface area contributed by atoms with Crippen LogP contribution < -0.4 is 10.6 Å². The quantitative estimate of drug-likeness (QED) is 0.411. The van der Waals surface area contributed by atoms with Crippen molar-refractivity contribution >= 4 is 5.96 Å². The van der Waals surface area contributed by atoms with Crippen molar-refractivity contribution in [3.63, 3.8) is 0 Å². The summed E-state index contributed by atoms with van der Waals surface area (Å²) in [4.78, 5) is 4.30. The van der Waals surface area contributed by atoms with Gasteiger partial charge in [0.05, 0.1) is 13.2 Å². The Morgan fingerprint density at radius 1 is 1.33 bits per heavy atom. The number of nitrogens with one attached hydrogen (secondary N) is 2. The van der Waals surface area contributed by atoms with Gasteiger partial charge in [-0.05, 0) is 32.1 Å². The van der Waals surface area contributed by atoms with E-state index in [1.165, 1.54) is 24.8 Å². The minimum absolute atomic E-state index is 0.470. The van der Waals surface area contributed by atoms with Gasteiger partial charge in [0.1, 0.15) is 0 Å². The fraction of sp³-hybridized carbons (Fsp3) is 0.824. The smallest absolute Gasteiger partial charge is 0.191 e. The normalized spacial score (nSPS) is 17.6. The van der Waals surface area contributed by atoms with Gasteiger partial charge in [-0.25, -0.2) is 0 Å². The van der Waals surface area contributed by atoms with Crippen molar-refractivity contribution < 1.29 is 4.74 Å². The second kappa shape index (κ2) is 10.7. The number of nitrogens with zero attached hydrogens (tertiary/aromatic N) is 1. The third-order valence-corrected chi connectivity index (χ3v) is 3.82. The molecule has 1 rings (SSSR count). The van der Waals surface area contributed by atoms with Crippen LogP contribution in [0.15, 0.2) is 16.6 Å². The molecule has 1 atom stereocenters. The molecule has 0 fully saturated rings. The lowest BCUT2D eigenvalue weighted by Crippen LogP contribution is -2.42. The van der Waals surface area contributed by atoms with Gasteiger partial charge in [0.25, 0.3) is 0 Å². The number of hydrogen-bond acceptors (Lipinski definition) is 2. The van der Waals surface area contributed by atoms with Crippen molar-refractivity contribution in [1.29, 1.82) is 0 Å². The van der Waals surface area contributed by atoms with Gasteiger partial charge in [-0.3, -0.25) is 4.99 Å². The van der Waals surface area contributed by atoms with Crippen LogP contribution in [0.25, 0.3) is 0 Å². The molecule has 4 nitrogen and oxygen atoms in total. The standard InChI is InChI=1S/C17H33N3O/c1-14(2)6-5-7-15(3)20-17(18-4)19-11-8-16-9-12-21-13-10-16/h9,14-15H,5-8,10-13H2,1-4H3,(H2,18,19,20). The molecule has 0 amide bonds. The molecule has 1 heterocycles. The van der Waals surface area contributed by atoms with E-state index in [2.05, 4.69) is 42.5 Å². The lowest BCUT2D eigenvalue weighted by molar-refractivity contribution is 0.153. The number of ether oxygens (including phenoxy) is 1. The van der Waals surface area contributed by atoms with Gasteiger partial charge >= 0.3 is 0 Å². The second-order valence-corrected chi connectivity index (χ2v) is 6.31. The van der Waals surface area contributed by atoms with Crippen LogP contribution in [-0.2, 0) is 4.74 Å². The van der Waals surface area contributed by atoms with Crippen LogP contribution in [0.4, 0.5) is 0 Å². The molecule has 0 aromatic carbocycles. The highest BCUT2D eigenvalue weighted by Crippen LogP contribution is 2.11. The molecular weight excluding hydrogens is 262 g/mol. The molecule has 1 aliphatic heterocycles. The van der Waals surface area contributed by atoms with Crippen molar-refractivity contribution in [3.8, 4) is 0 Å². The van der Waals surface area contributed by atoms with Crippen molar-refractivity contribution in [1.82, 2.24) is 10.6 Å². The van der Waals surface area contributed by atoms with Gasteiger partial charge < -0.3 is 15.4 Å². The van der Waals surface area contributed by atoms with Gasteiger partial charge in [0.2, 0.25) is 0 Å². The number of rotatable bonds is 8. The van der Waals surface area contributed by atoms with E-state index in [-0.39, 0.29) is 0 Å². The summed E-state index contributed by atoms with van der Waals surface area (Å²) >= 11 is 0. The molecule has 0 spiro atoms. The molecular formula is C17H33N3O. The summed E-state index contributed by atoms with van der Waals surface area (Å²) in [5.74, 6) is 1.71. The van der Waals surface area contributed by atoms with Crippen molar-refractivity contribution in [2.24, 2.45) is 10.9 Å². The zero-order valence-electron chi connectivity index (χ0n) is 14.2. The van der Waals surface area contributed by atoms with Gasteiger partial charge in [-0.1, -0.05) is 38.3 Å². The highest BCUT2D eigenvalue weighted by atomic mass is 16.5. The van der Waals surface area contributed by atoms with Gasteiger partial charge in [-0.2, -0.15) is 0 Å². The zero-order chi connectivity index (χ0) is 15.5. The molecule has 122 valence electrons. The lowest BCUT2D eigenvalue weighted by Gasteiger charge is -2.19. The molecule has 4 heteroatoms. The van der Waals surface area contributed by atoms with Crippen molar-refractivity contribution in [2.75, 3.05) is 26.8 Å². The van der Waals surface area contributed by atoms with Crippen LogP contribution >= 0.6 is 0 Å². The monoisotopic (exact) mass is 295 g/mol. The third-order valence-electron chi connectivity index (χ3n) is 3.82. The summed E-state index contributed by atoms with van der Waals surface area (Å²) in [6, 6.07) is 0.470. The summed E-state index contributed by atoms with van der Waals surface area (Å²) in [6.45, 7) is 9.37. The van der Waals surface area contributed by atoms with E-state index in [9.17, 15) is 0 Å². The number of aliphatic imine (C=N–C) groups is 1. The lowest BCUT2D eigenvalue weighted by atomic mass is 10.0. The zero-order valence-corrected chi connectivity index (χ0v) is 14.2. The van der Waals surface area contributed by atoms with Crippen LogP contribution in [-0.4, -0.2) is 38.8 Å². The first kappa shape index (κ1) is 18.0. The molecule has 1 unspecified atom stereocenters. The molecule has 0 bridgehead atoms. The molecule has 0 saturated heterocycles. The average Bonchev–Trinajstić information content (AvgIpc) is 2.47. The predicted octanol–water partition coefficient (Wildman–Crippen LogP) is 3.10. The maximum atomic E-state index is 5.32. The Morgan fingerprint density at radius 3 is 2.76 bits per heavy atom. The highest BCUT2D eigenvalue weighted by molar-refractivity contribution is 5.79. The maximum Gasteiger partial charge on any atom is 0.191 e. The summed E-state index contributed by atoms with van der Waals surface area (Å²) in [5, 5.41) is 6.88. The van der Waals surface area contributed by atoms with Crippen molar-refractivity contribution in [3.05, 3.63) is 11.6 Å². The molecule has 0 aromatic heterocycles. The van der Waals surface area contributed by atoms with Crippen LogP contribution in [0.1, 0.15) is 52.9 Å². The van der Waals surface area contributed by atoms with Crippen LogP contribution in [0.2, 0.25) is 0 Å². The molecule has 0 radical (unpaired) electrons. The Bertz CT molecular complexity index is 337. The molecule has 21 heavy (non-hydrogen) atoms. The molecule has 0 aliphatic carbocycles. The van der Waals surface area contributed by atoms with Crippen LogP contribution in [0, 0.1) is 5.92 Å². The van der Waals surface area contributed by atoms with Crippen molar-refractivity contribution in [2.45, 2.75) is 58.9 Å². The van der Waals surface area contributed by atoms with E-state index < -0.39 is 0 Å². The Hall–Kier alpha value is -1.03. The predicted molar refractivity (Wildman–Crippen MR) is 90.8 cm³/mol. The van der Waals surface area contributed by atoms with E-state index in [1.807, 2.05) is 7.05 Å². The van der Waals surface area contributed by atoms with Gasteiger partial charge in [0.15, 0.2) is 5.96 Å². The van der Waals surface area contributed by atoms with Gasteiger partial charge in [-0.15, -0.1) is 0 Å². The Balaban J connectivity index is 2.17. The first-order valence-electron chi connectivity index (χ1n) is 8.34. The number of hydrogen-bond donors (Lipinski definition) is 2. The topological polar surface area (TPSA) is 45.7 Å². The summed E-state index contributed by atoms with van der Waals surface area (Å²) in [5.41, 5.74) is 1.49. The summed E-state index contributed by atoms with van der Waals surface area (Å²) in [7, 11) is 1.84. The fourth-order valence-electron chi connectivity index (χ4n) is 2.47. The first-order valence-corrected chi connectivity index (χ1v) is 8.34. The molecule has 1 aliphatic rings. The number of guanidine groups is 1. The molecule has 0 saturated carbocycles. The van der Waals surface area contributed by atoms with E-state index in [1.54, 1.807) is 0 Å². The maximum absolute atomic E-state index is 5.32. The SMILES string of the molecule is CN=C(NCCC1=CCOCC1)NC(C)CCCC(C)C. The van der Waals surface area contributed by atoms with Gasteiger partial charge in [0, 0.05) is 19.6 Å². The van der Waals surface area contributed by atoms with E-state index in [0.29, 0.717) is 6.04 Å². The molecule has 2 N–H and O–H groups in total. The van der Waals surface area contributed by atoms with Crippen LogP contribution in [0.5, 0.6) is 0 Å². The summed E-state index contributed by atoms with van der Waals surface area (Å²) < 4.78 is 5.32. The second-order valence-electron chi connectivity index (χ2n) is 6.31. The Labute approximate surface area is 130 Å². The fourth-order valence-corrected chi connectivity index (χ4v) is 2.47. The minimum atomic E-state index is 0.470. The largest absolute Gasteiger partial charge is 0.377 e.